The lowest BCUT2D eigenvalue weighted by atomic mass is 10.1. The van der Waals surface area contributed by atoms with Gasteiger partial charge < -0.3 is 10.6 Å². The maximum atomic E-state index is 13.4. The molecule has 0 aliphatic carbocycles. The first-order chi connectivity index (χ1) is 9.20. The zero-order chi connectivity index (χ0) is 13.7. The number of aromatic nitrogens is 2. The Labute approximate surface area is 109 Å². The number of rotatable bonds is 5. The molecule has 0 aliphatic rings. The van der Waals surface area contributed by atoms with Crippen molar-refractivity contribution in [1.29, 1.82) is 0 Å². The summed E-state index contributed by atoms with van der Waals surface area (Å²) in [6.45, 7) is 0.387. The summed E-state index contributed by atoms with van der Waals surface area (Å²) < 4.78 is 26.8. The third kappa shape index (κ3) is 3.37. The second-order valence-electron chi connectivity index (χ2n) is 3.91. The van der Waals surface area contributed by atoms with Gasteiger partial charge >= 0.3 is 0 Å². The van der Waals surface area contributed by atoms with Crippen LogP contribution in [0.4, 0.5) is 20.5 Å². The molecule has 0 saturated heterocycles. The minimum absolute atomic E-state index is 0.107. The first-order valence-electron chi connectivity index (χ1n) is 5.88. The van der Waals surface area contributed by atoms with Gasteiger partial charge in [0.05, 0.1) is 6.20 Å². The average molecular weight is 264 g/mol. The fourth-order valence-electron chi connectivity index (χ4n) is 1.63. The molecule has 1 heterocycles. The van der Waals surface area contributed by atoms with Gasteiger partial charge in [0.2, 0.25) is 5.95 Å². The van der Waals surface area contributed by atoms with E-state index in [1.807, 2.05) is 0 Å². The molecule has 0 amide bonds. The van der Waals surface area contributed by atoms with E-state index in [0.717, 1.165) is 6.20 Å². The molecule has 0 bridgehead atoms. The number of nitrogens with one attached hydrogen (secondary N) is 2. The van der Waals surface area contributed by atoms with Crippen LogP contribution in [0.1, 0.15) is 5.56 Å². The number of hydrogen-bond donors (Lipinski definition) is 2. The Balaban J connectivity index is 1.98. The van der Waals surface area contributed by atoms with Crippen molar-refractivity contribution >= 4 is 11.8 Å². The smallest absolute Gasteiger partial charge is 0.224 e. The quantitative estimate of drug-likeness (QED) is 0.871. The summed E-state index contributed by atoms with van der Waals surface area (Å²) in [5.74, 6) is -0.360. The highest BCUT2D eigenvalue weighted by Gasteiger charge is 2.06. The van der Waals surface area contributed by atoms with Crippen LogP contribution < -0.4 is 10.6 Å². The molecule has 0 fully saturated rings. The molecule has 2 N–H and O–H groups in total. The molecule has 1 aromatic carbocycles. The van der Waals surface area contributed by atoms with Crippen LogP contribution in [0.3, 0.4) is 0 Å². The molecule has 1 aromatic heterocycles. The van der Waals surface area contributed by atoms with E-state index in [-0.39, 0.29) is 11.6 Å². The molecule has 2 aromatic rings. The Kier molecular flexibility index (Phi) is 4.22. The van der Waals surface area contributed by atoms with E-state index in [1.165, 1.54) is 6.07 Å². The molecule has 19 heavy (non-hydrogen) atoms. The number of halogens is 2. The molecule has 0 saturated carbocycles. The maximum Gasteiger partial charge on any atom is 0.224 e. The van der Waals surface area contributed by atoms with Gasteiger partial charge in [0, 0.05) is 13.6 Å². The van der Waals surface area contributed by atoms with E-state index in [1.54, 1.807) is 25.2 Å². The van der Waals surface area contributed by atoms with Crippen molar-refractivity contribution in [3.63, 3.8) is 0 Å². The highest BCUT2D eigenvalue weighted by molar-refractivity contribution is 5.40. The van der Waals surface area contributed by atoms with Gasteiger partial charge in [0.15, 0.2) is 11.6 Å². The molecular weight excluding hydrogens is 250 g/mol. The van der Waals surface area contributed by atoms with E-state index in [9.17, 15) is 8.78 Å². The summed E-state index contributed by atoms with van der Waals surface area (Å²) in [6, 6.07) is 6.50. The second-order valence-corrected chi connectivity index (χ2v) is 3.91. The number of nitrogens with zero attached hydrogens (tertiary/aromatic N) is 2. The summed E-state index contributed by atoms with van der Waals surface area (Å²) in [5, 5.41) is 5.55. The molecule has 100 valence electrons. The van der Waals surface area contributed by atoms with E-state index in [4.69, 9.17) is 0 Å². The van der Waals surface area contributed by atoms with Gasteiger partial charge in [0.25, 0.3) is 0 Å². The van der Waals surface area contributed by atoms with Crippen molar-refractivity contribution in [1.82, 2.24) is 9.97 Å². The van der Waals surface area contributed by atoms with E-state index in [0.29, 0.717) is 24.5 Å². The predicted molar refractivity (Wildman–Crippen MR) is 70.1 cm³/mol. The third-order valence-electron chi connectivity index (χ3n) is 2.61. The van der Waals surface area contributed by atoms with Crippen LogP contribution in [0.25, 0.3) is 0 Å². The zero-order valence-electron chi connectivity index (χ0n) is 10.5. The first-order valence-corrected chi connectivity index (χ1v) is 5.88. The van der Waals surface area contributed by atoms with Crippen molar-refractivity contribution in [2.75, 3.05) is 24.2 Å². The van der Waals surface area contributed by atoms with Crippen molar-refractivity contribution < 1.29 is 8.78 Å². The van der Waals surface area contributed by atoms with Crippen LogP contribution in [0, 0.1) is 11.6 Å². The molecule has 0 unspecified atom stereocenters. The lowest BCUT2D eigenvalue weighted by Crippen LogP contribution is -2.10. The number of anilines is 2. The van der Waals surface area contributed by atoms with Crippen molar-refractivity contribution in [2.24, 2.45) is 0 Å². The second kappa shape index (κ2) is 6.08. The Hall–Kier alpha value is -2.24. The summed E-state index contributed by atoms with van der Waals surface area (Å²) in [7, 11) is 1.65. The van der Waals surface area contributed by atoms with Gasteiger partial charge in [-0.3, -0.25) is 0 Å². The van der Waals surface area contributed by atoms with Crippen LogP contribution in [0.2, 0.25) is 0 Å². The number of hydrogen-bond acceptors (Lipinski definition) is 4. The molecule has 6 heteroatoms. The van der Waals surface area contributed by atoms with Crippen molar-refractivity contribution in [2.45, 2.75) is 6.42 Å². The zero-order valence-corrected chi connectivity index (χ0v) is 10.5. The summed E-state index contributed by atoms with van der Waals surface area (Å²) >= 11 is 0. The Morgan fingerprint density at radius 2 is 1.95 bits per heavy atom. The lowest BCUT2D eigenvalue weighted by molar-refractivity contribution is 0.608. The summed E-state index contributed by atoms with van der Waals surface area (Å²) in [4.78, 5) is 7.68. The van der Waals surface area contributed by atoms with Gasteiger partial charge in [-0.1, -0.05) is 18.2 Å². The van der Waals surface area contributed by atoms with E-state index >= 15 is 0 Å². The van der Waals surface area contributed by atoms with Crippen LogP contribution in [-0.2, 0) is 6.42 Å². The van der Waals surface area contributed by atoms with E-state index < -0.39 is 5.82 Å². The Bertz CT molecular complexity index is 560. The standard InChI is InChI=1S/C13H14F2N4/c1-16-13-18-8-11(15)12(19-13)17-7-6-9-4-2-3-5-10(9)14/h2-5,8H,6-7H2,1H3,(H2,16,17,18,19). The van der Waals surface area contributed by atoms with Crippen LogP contribution in [0.5, 0.6) is 0 Å². The topological polar surface area (TPSA) is 49.8 Å². The average Bonchev–Trinajstić information content (AvgIpc) is 2.43. The number of benzene rings is 1. The van der Waals surface area contributed by atoms with Gasteiger partial charge in [-0.25, -0.2) is 13.8 Å². The lowest BCUT2D eigenvalue weighted by Gasteiger charge is -2.08. The minimum Gasteiger partial charge on any atom is -0.367 e. The first kappa shape index (κ1) is 13.2. The van der Waals surface area contributed by atoms with E-state index in [2.05, 4.69) is 20.6 Å². The van der Waals surface area contributed by atoms with Gasteiger partial charge in [-0.15, -0.1) is 0 Å². The normalized spacial score (nSPS) is 10.3. The van der Waals surface area contributed by atoms with Gasteiger partial charge in [0.1, 0.15) is 5.82 Å². The van der Waals surface area contributed by atoms with Gasteiger partial charge in [-0.05, 0) is 18.1 Å². The minimum atomic E-state index is -0.535. The summed E-state index contributed by atoms with van der Waals surface area (Å²) in [6.07, 6.45) is 1.54. The monoisotopic (exact) mass is 264 g/mol. The van der Waals surface area contributed by atoms with Crippen molar-refractivity contribution in [3.05, 3.63) is 47.7 Å². The summed E-state index contributed by atoms with van der Waals surface area (Å²) in [5.41, 5.74) is 0.582. The van der Waals surface area contributed by atoms with Crippen molar-refractivity contribution in [3.8, 4) is 0 Å². The fraction of sp³-hybridized carbons (Fsp3) is 0.231. The van der Waals surface area contributed by atoms with Crippen LogP contribution in [0.15, 0.2) is 30.5 Å². The van der Waals surface area contributed by atoms with Gasteiger partial charge in [-0.2, -0.15) is 4.98 Å². The third-order valence-corrected chi connectivity index (χ3v) is 2.61. The maximum absolute atomic E-state index is 13.4. The Morgan fingerprint density at radius 1 is 1.16 bits per heavy atom. The predicted octanol–water partition coefficient (Wildman–Crippen LogP) is 2.45. The molecule has 0 atom stereocenters. The highest BCUT2D eigenvalue weighted by atomic mass is 19.1. The van der Waals surface area contributed by atoms with Crippen LogP contribution >= 0.6 is 0 Å². The Morgan fingerprint density at radius 3 is 2.68 bits per heavy atom. The molecule has 0 aliphatic heterocycles. The molecule has 4 nitrogen and oxygen atoms in total. The molecule has 0 spiro atoms. The molecule has 2 rings (SSSR count). The largest absolute Gasteiger partial charge is 0.367 e. The molecular formula is C13H14F2N4. The molecule has 0 radical (unpaired) electrons. The van der Waals surface area contributed by atoms with Crippen LogP contribution in [-0.4, -0.2) is 23.6 Å². The SMILES string of the molecule is CNc1ncc(F)c(NCCc2ccccc2F)n1. The fourth-order valence-corrected chi connectivity index (χ4v) is 1.63. The highest BCUT2D eigenvalue weighted by Crippen LogP contribution is 2.12.